The second-order valence-electron chi connectivity index (χ2n) is 6.61. The number of sulfonamides is 1. The lowest BCUT2D eigenvalue weighted by Gasteiger charge is -2.15. The van der Waals surface area contributed by atoms with Crippen LogP contribution < -0.4 is 9.62 Å². The quantitative estimate of drug-likeness (QED) is 0.616. The van der Waals surface area contributed by atoms with Crippen LogP contribution in [0, 0.1) is 0 Å². The molecule has 2 aromatic carbocycles. The van der Waals surface area contributed by atoms with Gasteiger partial charge < -0.3 is 4.90 Å². The van der Waals surface area contributed by atoms with Gasteiger partial charge in [0.05, 0.1) is 10.6 Å². The van der Waals surface area contributed by atoms with Gasteiger partial charge in [0, 0.05) is 28.8 Å². The summed E-state index contributed by atoms with van der Waals surface area (Å²) in [6.45, 7) is 2.03. The van der Waals surface area contributed by atoms with Crippen molar-refractivity contribution in [3.8, 4) is 11.3 Å². The van der Waals surface area contributed by atoms with Gasteiger partial charge in [-0.05, 0) is 61.4 Å². The molecule has 0 bridgehead atoms. The van der Waals surface area contributed by atoms with Gasteiger partial charge in [0.1, 0.15) is 0 Å². The summed E-state index contributed by atoms with van der Waals surface area (Å²) in [6, 6.07) is 17.5. The molecule has 1 aromatic heterocycles. The van der Waals surface area contributed by atoms with Gasteiger partial charge in [-0.1, -0.05) is 28.1 Å². The lowest BCUT2D eigenvalue weighted by molar-refractivity contribution is 0.601. The third kappa shape index (κ3) is 4.18. The normalized spacial score (nSPS) is 14.2. The third-order valence-corrected chi connectivity index (χ3v) is 6.54. The predicted octanol–water partition coefficient (Wildman–Crippen LogP) is 4.31. The first kappa shape index (κ1) is 18.9. The smallest absolute Gasteiger partial charge is 0.261 e. The molecule has 0 aliphatic carbocycles. The molecule has 0 spiro atoms. The number of hydrogen-bond acceptors (Lipinski definition) is 5. The van der Waals surface area contributed by atoms with Gasteiger partial charge in [-0.2, -0.15) is 0 Å². The highest BCUT2D eigenvalue weighted by Gasteiger charge is 2.16. The molecule has 0 saturated carbocycles. The van der Waals surface area contributed by atoms with Crippen LogP contribution in [0.1, 0.15) is 12.8 Å². The van der Waals surface area contributed by atoms with Crippen LogP contribution in [0.5, 0.6) is 0 Å². The van der Waals surface area contributed by atoms with E-state index >= 15 is 0 Å². The molecule has 0 radical (unpaired) electrons. The second kappa shape index (κ2) is 7.89. The predicted molar refractivity (Wildman–Crippen MR) is 114 cm³/mol. The van der Waals surface area contributed by atoms with Crippen molar-refractivity contribution in [2.24, 2.45) is 0 Å². The number of nitrogens with zero attached hydrogens (tertiary/aromatic N) is 3. The SMILES string of the molecule is O=S(=O)(Nc1cccc(-c2ccc(N3CCCC3)nn2)c1)c1ccc(Br)cc1. The number of nitrogens with one attached hydrogen (secondary N) is 1. The van der Waals surface area contributed by atoms with Gasteiger partial charge in [0.2, 0.25) is 0 Å². The Hall–Kier alpha value is -2.45. The summed E-state index contributed by atoms with van der Waals surface area (Å²) in [4.78, 5) is 2.43. The van der Waals surface area contributed by atoms with Crippen LogP contribution in [-0.2, 0) is 10.0 Å². The van der Waals surface area contributed by atoms with E-state index in [1.807, 2.05) is 18.2 Å². The zero-order chi connectivity index (χ0) is 19.6. The summed E-state index contributed by atoms with van der Waals surface area (Å²) in [7, 11) is -3.66. The monoisotopic (exact) mass is 458 g/mol. The van der Waals surface area contributed by atoms with Gasteiger partial charge in [-0.3, -0.25) is 4.72 Å². The molecule has 1 aliphatic heterocycles. The van der Waals surface area contributed by atoms with E-state index in [-0.39, 0.29) is 4.90 Å². The van der Waals surface area contributed by atoms with Crippen LogP contribution in [0.3, 0.4) is 0 Å². The fourth-order valence-corrected chi connectivity index (χ4v) is 4.48. The van der Waals surface area contributed by atoms with Gasteiger partial charge in [0.15, 0.2) is 5.82 Å². The summed E-state index contributed by atoms with van der Waals surface area (Å²) in [5.41, 5.74) is 1.98. The summed E-state index contributed by atoms with van der Waals surface area (Å²) >= 11 is 3.31. The fourth-order valence-electron chi connectivity index (χ4n) is 3.16. The molecule has 0 unspecified atom stereocenters. The average Bonchev–Trinajstić information content (AvgIpc) is 3.23. The molecule has 4 rings (SSSR count). The number of anilines is 2. The lowest BCUT2D eigenvalue weighted by Crippen LogP contribution is -2.19. The maximum absolute atomic E-state index is 12.6. The lowest BCUT2D eigenvalue weighted by atomic mass is 10.1. The topological polar surface area (TPSA) is 75.2 Å². The first-order valence-electron chi connectivity index (χ1n) is 8.99. The van der Waals surface area contributed by atoms with Gasteiger partial charge in [-0.25, -0.2) is 8.42 Å². The van der Waals surface area contributed by atoms with E-state index in [0.29, 0.717) is 11.4 Å². The van der Waals surface area contributed by atoms with E-state index in [9.17, 15) is 8.42 Å². The van der Waals surface area contributed by atoms with Crippen molar-refractivity contribution in [3.05, 3.63) is 65.1 Å². The Kier molecular flexibility index (Phi) is 5.32. The maximum atomic E-state index is 12.6. The molecular weight excluding hydrogens is 440 g/mol. The van der Waals surface area contributed by atoms with Crippen LogP contribution >= 0.6 is 15.9 Å². The minimum Gasteiger partial charge on any atom is -0.355 e. The number of benzene rings is 2. The van der Waals surface area contributed by atoms with E-state index in [0.717, 1.165) is 28.9 Å². The molecule has 0 amide bonds. The number of aromatic nitrogens is 2. The Balaban J connectivity index is 1.55. The van der Waals surface area contributed by atoms with Crippen molar-refractivity contribution in [3.63, 3.8) is 0 Å². The maximum Gasteiger partial charge on any atom is 0.261 e. The Bertz CT molecular complexity index is 1060. The van der Waals surface area contributed by atoms with E-state index in [4.69, 9.17) is 0 Å². The molecule has 1 saturated heterocycles. The average molecular weight is 459 g/mol. The van der Waals surface area contributed by atoms with Gasteiger partial charge >= 0.3 is 0 Å². The molecule has 1 N–H and O–H groups in total. The highest BCUT2D eigenvalue weighted by Crippen LogP contribution is 2.25. The Labute approximate surface area is 172 Å². The molecule has 144 valence electrons. The van der Waals surface area contributed by atoms with Crippen molar-refractivity contribution in [1.82, 2.24) is 10.2 Å². The van der Waals surface area contributed by atoms with Gasteiger partial charge in [0.25, 0.3) is 10.0 Å². The zero-order valence-corrected chi connectivity index (χ0v) is 17.4. The van der Waals surface area contributed by atoms with Crippen molar-refractivity contribution < 1.29 is 8.42 Å². The van der Waals surface area contributed by atoms with E-state index in [2.05, 4.69) is 35.7 Å². The fraction of sp³-hybridized carbons (Fsp3) is 0.200. The first-order chi connectivity index (χ1) is 13.5. The summed E-state index contributed by atoms with van der Waals surface area (Å²) < 4.78 is 28.6. The molecule has 3 aromatic rings. The summed E-state index contributed by atoms with van der Waals surface area (Å²) in [5, 5.41) is 8.65. The van der Waals surface area contributed by atoms with E-state index in [1.54, 1.807) is 42.5 Å². The van der Waals surface area contributed by atoms with Crippen molar-refractivity contribution in [2.75, 3.05) is 22.7 Å². The van der Waals surface area contributed by atoms with Crippen LogP contribution in [-0.4, -0.2) is 31.7 Å². The third-order valence-electron chi connectivity index (χ3n) is 4.62. The van der Waals surface area contributed by atoms with Crippen LogP contribution in [0.2, 0.25) is 0 Å². The number of halogens is 1. The molecule has 8 heteroatoms. The highest BCUT2D eigenvalue weighted by molar-refractivity contribution is 9.10. The standard InChI is InChI=1S/C20H19BrN4O2S/c21-16-6-8-18(9-7-16)28(26,27)24-17-5-3-4-15(14-17)19-10-11-20(23-22-19)25-12-1-2-13-25/h3-11,14,24H,1-2,12-13H2. The van der Waals surface area contributed by atoms with Crippen LogP contribution in [0.15, 0.2) is 70.0 Å². The van der Waals surface area contributed by atoms with E-state index in [1.165, 1.54) is 12.8 Å². The molecule has 28 heavy (non-hydrogen) atoms. The summed E-state index contributed by atoms with van der Waals surface area (Å²) in [6.07, 6.45) is 2.37. The van der Waals surface area contributed by atoms with Crippen molar-refractivity contribution in [2.45, 2.75) is 17.7 Å². The second-order valence-corrected chi connectivity index (χ2v) is 9.21. The van der Waals surface area contributed by atoms with Crippen molar-refractivity contribution in [1.29, 1.82) is 0 Å². The minimum atomic E-state index is -3.66. The van der Waals surface area contributed by atoms with Crippen molar-refractivity contribution >= 4 is 37.5 Å². The summed E-state index contributed by atoms with van der Waals surface area (Å²) in [5.74, 6) is 0.883. The Morgan fingerprint density at radius 3 is 2.36 bits per heavy atom. The molecular formula is C20H19BrN4O2S. The molecule has 6 nitrogen and oxygen atoms in total. The Morgan fingerprint density at radius 1 is 0.929 bits per heavy atom. The molecule has 2 heterocycles. The number of hydrogen-bond donors (Lipinski definition) is 1. The Morgan fingerprint density at radius 2 is 1.68 bits per heavy atom. The zero-order valence-electron chi connectivity index (χ0n) is 15.0. The van der Waals surface area contributed by atoms with Gasteiger partial charge in [-0.15, -0.1) is 10.2 Å². The molecule has 1 aliphatic rings. The van der Waals surface area contributed by atoms with Crippen LogP contribution in [0.25, 0.3) is 11.3 Å². The largest absolute Gasteiger partial charge is 0.355 e. The van der Waals surface area contributed by atoms with Crippen LogP contribution in [0.4, 0.5) is 11.5 Å². The minimum absolute atomic E-state index is 0.205. The molecule has 1 fully saturated rings. The molecule has 0 atom stereocenters. The van der Waals surface area contributed by atoms with E-state index < -0.39 is 10.0 Å². The number of rotatable bonds is 5. The first-order valence-corrected chi connectivity index (χ1v) is 11.3. The highest BCUT2D eigenvalue weighted by atomic mass is 79.9.